The summed E-state index contributed by atoms with van der Waals surface area (Å²) in [5, 5.41) is 6.16. The largest absolute Gasteiger partial charge is 0.371 e. The van der Waals surface area contributed by atoms with Gasteiger partial charge in [0, 0.05) is 36.6 Å². The Bertz CT molecular complexity index is 1480. The zero-order valence-corrected chi connectivity index (χ0v) is 25.9. The van der Waals surface area contributed by atoms with E-state index < -0.39 is 0 Å². The summed E-state index contributed by atoms with van der Waals surface area (Å²) >= 11 is 0. The number of nitrogens with one attached hydrogen (secondary N) is 2. The second-order valence-corrected chi connectivity index (χ2v) is 12.0. The van der Waals surface area contributed by atoms with E-state index in [2.05, 4.69) is 64.9 Å². The van der Waals surface area contributed by atoms with Gasteiger partial charge in [-0.05, 0) is 91.5 Å². The summed E-state index contributed by atoms with van der Waals surface area (Å²) in [5.41, 5.74) is 6.59. The van der Waals surface area contributed by atoms with Crippen LogP contribution in [0.1, 0.15) is 76.4 Å². The molecule has 1 fully saturated rings. The predicted octanol–water partition coefficient (Wildman–Crippen LogP) is 8.10. The van der Waals surface area contributed by atoms with Gasteiger partial charge >= 0.3 is 0 Å². The number of carbonyl (C=O) groups excluding carboxylic acids is 2. The first-order valence-electron chi connectivity index (χ1n) is 16.2. The van der Waals surface area contributed by atoms with Crippen LogP contribution in [-0.2, 0) is 19.3 Å². The predicted molar refractivity (Wildman–Crippen MR) is 182 cm³/mol. The van der Waals surface area contributed by atoms with Gasteiger partial charge in [0.1, 0.15) is 0 Å². The second-order valence-electron chi connectivity index (χ2n) is 12.0. The molecular formula is C39H45N3O2. The Morgan fingerprint density at radius 3 is 2.07 bits per heavy atom. The molecule has 4 aromatic carbocycles. The molecule has 0 atom stereocenters. The molecule has 0 unspecified atom stereocenters. The molecule has 5 rings (SSSR count). The third-order valence-electron chi connectivity index (χ3n) is 8.65. The van der Waals surface area contributed by atoms with Crippen molar-refractivity contribution >= 4 is 23.2 Å². The Hall–Kier alpha value is -4.38. The highest BCUT2D eigenvalue weighted by Crippen LogP contribution is 2.30. The standard InChI is InChI=1S/C39H45N3O2/c1-2-3-6-11-31-16-18-34(19-17-31)38(43)41-35-20-21-37(36(29-35)39(44)40-25-22-30-12-7-4-8-13-30)42-26-23-33(24-27-42)28-32-14-9-5-10-15-32/h4-5,7-10,12-21,29,33H,2-3,6,11,22-28H2,1H3,(H,40,44)(H,41,43). The molecule has 2 N–H and O–H groups in total. The molecule has 1 aliphatic heterocycles. The highest BCUT2D eigenvalue weighted by atomic mass is 16.2. The number of benzene rings is 4. The molecule has 5 heteroatoms. The average molecular weight is 588 g/mol. The Morgan fingerprint density at radius 1 is 0.727 bits per heavy atom. The van der Waals surface area contributed by atoms with Crippen molar-refractivity contribution in [3.63, 3.8) is 0 Å². The van der Waals surface area contributed by atoms with E-state index in [1.807, 2.05) is 60.7 Å². The third kappa shape index (κ3) is 8.82. The molecule has 0 saturated carbocycles. The molecule has 44 heavy (non-hydrogen) atoms. The zero-order valence-electron chi connectivity index (χ0n) is 25.9. The third-order valence-corrected chi connectivity index (χ3v) is 8.65. The second kappa shape index (κ2) is 15.9. The summed E-state index contributed by atoms with van der Waals surface area (Å²) < 4.78 is 0. The fourth-order valence-electron chi connectivity index (χ4n) is 6.06. The molecule has 0 aliphatic carbocycles. The van der Waals surface area contributed by atoms with Gasteiger partial charge in [-0.1, -0.05) is 92.6 Å². The van der Waals surface area contributed by atoms with Crippen LogP contribution in [0.5, 0.6) is 0 Å². The fraction of sp³-hybridized carbons (Fsp3) is 0.333. The van der Waals surface area contributed by atoms with Gasteiger partial charge in [-0.2, -0.15) is 0 Å². The number of piperidine rings is 1. The maximum atomic E-state index is 13.6. The maximum absolute atomic E-state index is 13.6. The minimum absolute atomic E-state index is 0.116. The number of unbranched alkanes of at least 4 members (excludes halogenated alkanes) is 2. The SMILES string of the molecule is CCCCCc1ccc(C(=O)Nc2ccc(N3CCC(Cc4ccccc4)CC3)c(C(=O)NCCc3ccccc3)c2)cc1. The van der Waals surface area contributed by atoms with Gasteiger partial charge in [-0.3, -0.25) is 9.59 Å². The first-order valence-corrected chi connectivity index (χ1v) is 16.2. The lowest BCUT2D eigenvalue weighted by atomic mass is 9.89. The molecule has 0 bridgehead atoms. The van der Waals surface area contributed by atoms with Crippen LogP contribution in [0.4, 0.5) is 11.4 Å². The highest BCUT2D eigenvalue weighted by molar-refractivity contribution is 6.06. The molecule has 228 valence electrons. The van der Waals surface area contributed by atoms with Gasteiger partial charge in [0.25, 0.3) is 11.8 Å². The van der Waals surface area contributed by atoms with E-state index in [0.717, 1.165) is 57.3 Å². The van der Waals surface area contributed by atoms with Crippen molar-refractivity contribution in [1.82, 2.24) is 5.32 Å². The van der Waals surface area contributed by atoms with Crippen LogP contribution in [0.15, 0.2) is 103 Å². The lowest BCUT2D eigenvalue weighted by molar-refractivity contribution is 0.0953. The number of anilines is 2. The monoisotopic (exact) mass is 587 g/mol. The van der Waals surface area contributed by atoms with Gasteiger partial charge in [0.15, 0.2) is 0 Å². The molecule has 1 heterocycles. The topological polar surface area (TPSA) is 61.4 Å². The van der Waals surface area contributed by atoms with Crippen molar-refractivity contribution in [2.75, 3.05) is 29.9 Å². The number of nitrogens with zero attached hydrogens (tertiary/aromatic N) is 1. The molecule has 1 saturated heterocycles. The Balaban J connectivity index is 1.27. The number of aryl methyl sites for hydroxylation is 1. The van der Waals surface area contributed by atoms with Crippen LogP contribution in [-0.4, -0.2) is 31.4 Å². The van der Waals surface area contributed by atoms with Gasteiger partial charge < -0.3 is 15.5 Å². The molecule has 1 aliphatic rings. The van der Waals surface area contributed by atoms with Crippen LogP contribution in [0.3, 0.4) is 0 Å². The lowest BCUT2D eigenvalue weighted by Gasteiger charge is -2.35. The zero-order chi connectivity index (χ0) is 30.6. The van der Waals surface area contributed by atoms with Gasteiger partial charge in [-0.25, -0.2) is 0 Å². The Morgan fingerprint density at radius 2 is 1.39 bits per heavy atom. The Labute approximate surface area is 262 Å². The normalized spacial score (nSPS) is 13.4. The van der Waals surface area contributed by atoms with E-state index in [4.69, 9.17) is 0 Å². The fourth-order valence-corrected chi connectivity index (χ4v) is 6.06. The van der Waals surface area contributed by atoms with Crippen molar-refractivity contribution in [1.29, 1.82) is 0 Å². The quantitative estimate of drug-likeness (QED) is 0.155. The molecule has 5 nitrogen and oxygen atoms in total. The molecular weight excluding hydrogens is 542 g/mol. The highest BCUT2D eigenvalue weighted by Gasteiger charge is 2.24. The summed E-state index contributed by atoms with van der Waals surface area (Å²) in [6, 6.07) is 34.5. The summed E-state index contributed by atoms with van der Waals surface area (Å²) in [5.74, 6) is 0.346. The van der Waals surface area contributed by atoms with Crippen LogP contribution < -0.4 is 15.5 Å². The van der Waals surface area contributed by atoms with E-state index in [1.165, 1.54) is 29.5 Å². The number of hydrogen-bond acceptors (Lipinski definition) is 3. The minimum atomic E-state index is -0.171. The maximum Gasteiger partial charge on any atom is 0.255 e. The first kappa shape index (κ1) is 31.1. The summed E-state index contributed by atoms with van der Waals surface area (Å²) in [4.78, 5) is 29.1. The van der Waals surface area contributed by atoms with E-state index in [0.29, 0.717) is 29.3 Å². The molecule has 2 amide bonds. The van der Waals surface area contributed by atoms with Crippen molar-refractivity contribution in [2.24, 2.45) is 5.92 Å². The first-order chi connectivity index (χ1) is 21.6. The van der Waals surface area contributed by atoms with E-state index in [-0.39, 0.29) is 11.8 Å². The van der Waals surface area contributed by atoms with Crippen LogP contribution in [0.2, 0.25) is 0 Å². The van der Waals surface area contributed by atoms with Crippen LogP contribution in [0.25, 0.3) is 0 Å². The van der Waals surface area contributed by atoms with E-state index in [1.54, 1.807) is 0 Å². The van der Waals surface area contributed by atoms with Crippen molar-refractivity contribution in [3.05, 3.63) is 131 Å². The van der Waals surface area contributed by atoms with Gasteiger partial charge in [-0.15, -0.1) is 0 Å². The molecule has 0 aromatic heterocycles. The molecule has 0 radical (unpaired) electrons. The lowest BCUT2D eigenvalue weighted by Crippen LogP contribution is -2.36. The van der Waals surface area contributed by atoms with Gasteiger partial charge in [0.2, 0.25) is 0 Å². The van der Waals surface area contributed by atoms with Crippen molar-refractivity contribution in [3.8, 4) is 0 Å². The van der Waals surface area contributed by atoms with Gasteiger partial charge in [0.05, 0.1) is 5.56 Å². The molecule has 0 spiro atoms. The van der Waals surface area contributed by atoms with Crippen LogP contribution in [0, 0.1) is 5.92 Å². The number of hydrogen-bond donors (Lipinski definition) is 2. The van der Waals surface area contributed by atoms with E-state index >= 15 is 0 Å². The number of rotatable bonds is 13. The summed E-state index contributed by atoms with van der Waals surface area (Å²) in [6.07, 6.45) is 8.61. The molecule has 4 aromatic rings. The van der Waals surface area contributed by atoms with Crippen molar-refractivity contribution in [2.45, 2.75) is 58.3 Å². The summed E-state index contributed by atoms with van der Waals surface area (Å²) in [6.45, 7) is 4.55. The minimum Gasteiger partial charge on any atom is -0.371 e. The smallest absolute Gasteiger partial charge is 0.255 e. The average Bonchev–Trinajstić information content (AvgIpc) is 3.06. The Kier molecular flexibility index (Phi) is 11.2. The van der Waals surface area contributed by atoms with Crippen LogP contribution >= 0.6 is 0 Å². The van der Waals surface area contributed by atoms with E-state index in [9.17, 15) is 9.59 Å². The number of carbonyl (C=O) groups is 2. The summed E-state index contributed by atoms with van der Waals surface area (Å²) in [7, 11) is 0. The number of amides is 2. The van der Waals surface area contributed by atoms with Crippen molar-refractivity contribution < 1.29 is 9.59 Å².